The van der Waals surface area contributed by atoms with E-state index in [2.05, 4.69) is 0 Å². The average Bonchev–Trinajstić information content (AvgIpc) is 1.97. The summed E-state index contributed by atoms with van der Waals surface area (Å²) in [6, 6.07) is 0. The van der Waals surface area contributed by atoms with Crippen molar-refractivity contribution in [3.63, 3.8) is 0 Å². The van der Waals surface area contributed by atoms with Crippen molar-refractivity contribution in [1.82, 2.24) is 4.90 Å². The van der Waals surface area contributed by atoms with E-state index in [0.29, 0.717) is 0 Å². The molecule has 0 saturated heterocycles. The molecule has 11 heavy (non-hydrogen) atoms. The molecule has 4 heteroatoms. The Hall–Kier alpha value is -0.220. The SMILES string of the molecule is CO/C=C/CSC(=S)N(C)C. The van der Waals surface area contributed by atoms with Crippen LogP contribution in [-0.4, -0.2) is 36.2 Å². The summed E-state index contributed by atoms with van der Waals surface area (Å²) in [7, 11) is 5.51. The molecular formula is C7H13NOS2. The number of nitrogens with zero attached hydrogens (tertiary/aromatic N) is 1. The molecule has 0 aliphatic heterocycles. The van der Waals surface area contributed by atoms with E-state index in [0.717, 1.165) is 10.1 Å². The second-order valence-corrected chi connectivity index (χ2v) is 3.73. The van der Waals surface area contributed by atoms with Gasteiger partial charge in [0.05, 0.1) is 13.4 Å². The lowest BCUT2D eigenvalue weighted by Gasteiger charge is -2.10. The van der Waals surface area contributed by atoms with Crippen molar-refractivity contribution in [1.29, 1.82) is 0 Å². The lowest BCUT2D eigenvalue weighted by Crippen LogP contribution is -2.16. The lowest BCUT2D eigenvalue weighted by molar-refractivity contribution is 0.337. The highest BCUT2D eigenvalue weighted by Crippen LogP contribution is 2.05. The standard InChI is InChI=1S/C7H13NOS2/c1-8(2)7(10)11-6-4-5-9-3/h4-5H,6H2,1-3H3/b5-4+. The Kier molecular flexibility index (Phi) is 6.36. The van der Waals surface area contributed by atoms with Gasteiger partial charge in [-0.15, -0.1) is 0 Å². The maximum absolute atomic E-state index is 5.04. The minimum absolute atomic E-state index is 0.866. The molecule has 2 nitrogen and oxygen atoms in total. The second-order valence-electron chi connectivity index (χ2n) is 2.08. The van der Waals surface area contributed by atoms with Crippen LogP contribution < -0.4 is 0 Å². The average molecular weight is 191 g/mol. The van der Waals surface area contributed by atoms with Gasteiger partial charge in [0, 0.05) is 19.8 Å². The number of methoxy groups -OCH3 is 1. The predicted molar refractivity (Wildman–Crippen MR) is 54.9 cm³/mol. The Balaban J connectivity index is 3.39. The van der Waals surface area contributed by atoms with Gasteiger partial charge in [-0.2, -0.15) is 0 Å². The van der Waals surface area contributed by atoms with Crippen LogP contribution >= 0.6 is 24.0 Å². The molecular weight excluding hydrogens is 178 g/mol. The largest absolute Gasteiger partial charge is 0.505 e. The van der Waals surface area contributed by atoms with Gasteiger partial charge < -0.3 is 9.64 Å². The minimum Gasteiger partial charge on any atom is -0.505 e. The highest BCUT2D eigenvalue weighted by molar-refractivity contribution is 8.23. The van der Waals surface area contributed by atoms with Crippen molar-refractivity contribution in [3.05, 3.63) is 12.3 Å². The Morgan fingerprint density at radius 1 is 1.64 bits per heavy atom. The first-order valence-corrected chi connectivity index (χ1v) is 4.59. The molecule has 0 aromatic carbocycles. The highest BCUT2D eigenvalue weighted by Gasteiger charge is 1.95. The van der Waals surface area contributed by atoms with Crippen LogP contribution in [0.5, 0.6) is 0 Å². The Morgan fingerprint density at radius 3 is 2.73 bits per heavy atom. The van der Waals surface area contributed by atoms with Gasteiger partial charge in [0.15, 0.2) is 0 Å². The van der Waals surface area contributed by atoms with Gasteiger partial charge in [0.1, 0.15) is 4.32 Å². The molecule has 0 fully saturated rings. The molecule has 0 aromatic heterocycles. The molecule has 0 heterocycles. The minimum atomic E-state index is 0.866. The molecule has 64 valence electrons. The first-order valence-electron chi connectivity index (χ1n) is 3.20. The third kappa shape index (κ3) is 6.19. The number of ether oxygens (including phenoxy) is 1. The normalized spacial score (nSPS) is 10.1. The number of thioether (sulfide) groups is 1. The fourth-order valence-electron chi connectivity index (χ4n) is 0.384. The van der Waals surface area contributed by atoms with E-state index in [1.165, 1.54) is 0 Å². The van der Waals surface area contributed by atoms with Gasteiger partial charge >= 0.3 is 0 Å². The maximum Gasteiger partial charge on any atom is 0.136 e. The fourth-order valence-corrected chi connectivity index (χ4v) is 1.16. The Bertz CT molecular complexity index is 145. The number of hydrogen-bond acceptors (Lipinski definition) is 3. The van der Waals surface area contributed by atoms with Crippen molar-refractivity contribution in [3.8, 4) is 0 Å². The quantitative estimate of drug-likeness (QED) is 0.497. The first-order chi connectivity index (χ1) is 5.18. The van der Waals surface area contributed by atoms with Crippen molar-refractivity contribution in [2.75, 3.05) is 27.0 Å². The van der Waals surface area contributed by atoms with Gasteiger partial charge in [-0.3, -0.25) is 0 Å². The van der Waals surface area contributed by atoms with Crippen molar-refractivity contribution in [2.45, 2.75) is 0 Å². The summed E-state index contributed by atoms with van der Waals surface area (Å²) in [5.74, 6) is 0.866. The van der Waals surface area contributed by atoms with Crippen LogP contribution in [0.2, 0.25) is 0 Å². The Morgan fingerprint density at radius 2 is 2.27 bits per heavy atom. The predicted octanol–water partition coefficient (Wildman–Crippen LogP) is 1.73. The summed E-state index contributed by atoms with van der Waals surface area (Å²) in [6.07, 6.45) is 3.59. The molecule has 0 bridgehead atoms. The van der Waals surface area contributed by atoms with E-state index in [4.69, 9.17) is 17.0 Å². The van der Waals surface area contributed by atoms with Crippen LogP contribution in [0.25, 0.3) is 0 Å². The van der Waals surface area contributed by atoms with Crippen LogP contribution in [0.15, 0.2) is 12.3 Å². The molecule has 0 aliphatic carbocycles. The van der Waals surface area contributed by atoms with Gasteiger partial charge in [0.2, 0.25) is 0 Å². The van der Waals surface area contributed by atoms with Crippen molar-refractivity contribution in [2.24, 2.45) is 0 Å². The van der Waals surface area contributed by atoms with E-state index in [9.17, 15) is 0 Å². The number of hydrogen-bond donors (Lipinski definition) is 0. The van der Waals surface area contributed by atoms with Gasteiger partial charge in [0.25, 0.3) is 0 Å². The summed E-state index contributed by atoms with van der Waals surface area (Å²) in [5.41, 5.74) is 0. The summed E-state index contributed by atoms with van der Waals surface area (Å²) >= 11 is 6.66. The molecule has 0 saturated carbocycles. The summed E-state index contributed by atoms with van der Waals surface area (Å²) in [4.78, 5) is 1.92. The van der Waals surface area contributed by atoms with Crippen LogP contribution in [-0.2, 0) is 4.74 Å². The number of rotatable bonds is 3. The summed E-state index contributed by atoms with van der Waals surface area (Å²) in [5, 5.41) is 0. The van der Waals surface area contributed by atoms with E-state index >= 15 is 0 Å². The lowest BCUT2D eigenvalue weighted by atomic mass is 10.7. The van der Waals surface area contributed by atoms with Gasteiger partial charge in [-0.05, 0) is 6.08 Å². The van der Waals surface area contributed by atoms with Crippen LogP contribution in [0.3, 0.4) is 0 Å². The molecule has 0 atom stereocenters. The summed E-state index contributed by atoms with van der Waals surface area (Å²) in [6.45, 7) is 0. The molecule has 0 aliphatic rings. The third-order valence-corrected chi connectivity index (χ3v) is 2.59. The van der Waals surface area contributed by atoms with E-state index < -0.39 is 0 Å². The van der Waals surface area contributed by atoms with Gasteiger partial charge in [-0.1, -0.05) is 24.0 Å². The molecule has 0 amide bonds. The van der Waals surface area contributed by atoms with Crippen LogP contribution in [0, 0.1) is 0 Å². The first kappa shape index (κ1) is 10.8. The van der Waals surface area contributed by atoms with Crippen LogP contribution in [0.4, 0.5) is 0 Å². The monoisotopic (exact) mass is 191 g/mol. The maximum atomic E-state index is 5.04. The third-order valence-electron chi connectivity index (χ3n) is 0.900. The fraction of sp³-hybridized carbons (Fsp3) is 0.571. The topological polar surface area (TPSA) is 12.5 Å². The molecule has 0 spiro atoms. The number of thiocarbonyl (C=S) groups is 1. The highest BCUT2D eigenvalue weighted by atomic mass is 32.2. The van der Waals surface area contributed by atoms with Gasteiger partial charge in [-0.25, -0.2) is 0 Å². The smallest absolute Gasteiger partial charge is 0.136 e. The molecule has 0 unspecified atom stereocenters. The molecule has 0 radical (unpaired) electrons. The van der Waals surface area contributed by atoms with Crippen molar-refractivity contribution < 1.29 is 4.74 Å². The zero-order chi connectivity index (χ0) is 8.69. The van der Waals surface area contributed by atoms with E-state index in [-0.39, 0.29) is 0 Å². The molecule has 0 aromatic rings. The molecule has 0 rings (SSSR count). The van der Waals surface area contributed by atoms with Crippen LogP contribution in [0.1, 0.15) is 0 Å². The second kappa shape index (κ2) is 6.49. The Labute approximate surface area is 77.6 Å². The van der Waals surface area contributed by atoms with E-state index in [1.54, 1.807) is 25.1 Å². The summed E-state index contributed by atoms with van der Waals surface area (Å²) < 4.78 is 5.63. The zero-order valence-corrected chi connectivity index (χ0v) is 8.67. The van der Waals surface area contributed by atoms with E-state index in [1.807, 2.05) is 25.1 Å². The van der Waals surface area contributed by atoms with Crippen molar-refractivity contribution >= 4 is 28.3 Å². The zero-order valence-electron chi connectivity index (χ0n) is 7.03. The molecule has 0 N–H and O–H groups in total.